The van der Waals surface area contributed by atoms with Crippen LogP contribution in [0.3, 0.4) is 0 Å². The number of ether oxygens (including phenoxy) is 1. The number of carboxylic acid groups (broad SMARTS) is 1. The monoisotopic (exact) mass is 524 g/mol. The van der Waals surface area contributed by atoms with Crippen LogP contribution in [0.5, 0.6) is 5.75 Å². The van der Waals surface area contributed by atoms with Crippen LogP contribution in [0.4, 0.5) is 0 Å². The van der Waals surface area contributed by atoms with E-state index in [0.29, 0.717) is 9.13 Å². The van der Waals surface area contributed by atoms with Gasteiger partial charge in [0.25, 0.3) is 0 Å². The number of carbonyl (C=O) groups excluding carboxylic acids is 1. The van der Waals surface area contributed by atoms with Crippen LogP contribution in [0.1, 0.15) is 26.3 Å². The van der Waals surface area contributed by atoms with E-state index in [1.165, 1.54) is 18.2 Å². The smallest absolute Gasteiger partial charge is 0.344 e. The van der Waals surface area contributed by atoms with Gasteiger partial charge < -0.3 is 14.9 Å². The van der Waals surface area contributed by atoms with Crippen LogP contribution in [0, 0.1) is 7.14 Å². The Hall–Kier alpha value is -1.20. The zero-order valence-electron chi connectivity index (χ0n) is 11.0. The van der Waals surface area contributed by atoms with Crippen molar-refractivity contribution in [2.75, 3.05) is 0 Å². The number of esters is 1. The number of benzene rings is 2. The van der Waals surface area contributed by atoms with Crippen molar-refractivity contribution in [3.05, 3.63) is 60.2 Å². The van der Waals surface area contributed by atoms with Gasteiger partial charge in [-0.3, -0.25) is 0 Å². The number of aliphatic hydroxyl groups excluding tert-OH is 1. The van der Waals surface area contributed by atoms with Crippen molar-refractivity contribution in [1.82, 2.24) is 0 Å². The minimum Gasteiger partial charge on any atom is -0.478 e. The van der Waals surface area contributed by atoms with E-state index in [2.05, 4.69) is 22.6 Å². The zero-order chi connectivity index (χ0) is 16.3. The maximum absolute atomic E-state index is 12.3. The van der Waals surface area contributed by atoms with Crippen molar-refractivity contribution in [3.63, 3.8) is 0 Å². The molecule has 0 amide bonds. The first kappa shape index (κ1) is 17.2. The third-order valence-corrected chi connectivity index (χ3v) is 4.25. The highest BCUT2D eigenvalue weighted by Crippen LogP contribution is 2.29. The fourth-order valence-electron chi connectivity index (χ4n) is 1.84. The molecule has 0 radical (unpaired) electrons. The Morgan fingerprint density at radius 2 is 1.73 bits per heavy atom. The molecule has 0 aromatic heterocycles. The summed E-state index contributed by atoms with van der Waals surface area (Å²) in [6, 6.07) is 9.33. The quantitative estimate of drug-likeness (QED) is 0.365. The molecule has 2 aromatic rings. The van der Waals surface area contributed by atoms with Gasteiger partial charge >= 0.3 is 11.9 Å². The molecule has 0 aliphatic rings. The number of hydrogen-bond donors (Lipinski definition) is 2. The lowest BCUT2D eigenvalue weighted by Crippen LogP contribution is -2.15. The summed E-state index contributed by atoms with van der Waals surface area (Å²) < 4.78 is 6.89. The Balaban J connectivity index is 2.40. The average molecular weight is 524 g/mol. The molecule has 0 saturated carbocycles. The summed E-state index contributed by atoms with van der Waals surface area (Å²) in [5.74, 6) is -1.73. The van der Waals surface area contributed by atoms with Crippen LogP contribution in [0.25, 0.3) is 0 Å². The SMILES string of the molecule is O=C(O)c1ccccc1C(=O)Oc1c(I)cc(I)cc1CO. The normalized spacial score (nSPS) is 10.3. The number of carboxylic acids is 1. The molecule has 0 aliphatic heterocycles. The van der Waals surface area contributed by atoms with E-state index in [0.717, 1.165) is 3.57 Å². The molecule has 0 bridgehead atoms. The first-order valence-electron chi connectivity index (χ1n) is 6.07. The Labute approximate surface area is 153 Å². The van der Waals surface area contributed by atoms with E-state index < -0.39 is 11.9 Å². The number of halogens is 2. The van der Waals surface area contributed by atoms with Crippen LogP contribution in [0.15, 0.2) is 36.4 Å². The maximum Gasteiger partial charge on any atom is 0.344 e. The van der Waals surface area contributed by atoms with E-state index in [1.54, 1.807) is 18.2 Å². The minimum atomic E-state index is -1.20. The first-order chi connectivity index (χ1) is 10.4. The molecule has 2 N–H and O–H groups in total. The van der Waals surface area contributed by atoms with Gasteiger partial charge in [-0.25, -0.2) is 9.59 Å². The van der Waals surface area contributed by atoms with Crippen molar-refractivity contribution in [2.24, 2.45) is 0 Å². The summed E-state index contributed by atoms with van der Waals surface area (Å²) in [4.78, 5) is 23.4. The van der Waals surface area contributed by atoms with Gasteiger partial charge in [-0.15, -0.1) is 0 Å². The van der Waals surface area contributed by atoms with Crippen LogP contribution >= 0.6 is 45.2 Å². The van der Waals surface area contributed by atoms with Crippen molar-refractivity contribution in [3.8, 4) is 5.75 Å². The van der Waals surface area contributed by atoms with Gasteiger partial charge in [-0.2, -0.15) is 0 Å². The molecule has 2 aromatic carbocycles. The van der Waals surface area contributed by atoms with Gasteiger partial charge in [-0.05, 0) is 69.4 Å². The van der Waals surface area contributed by atoms with E-state index in [1.807, 2.05) is 22.6 Å². The Bertz CT molecular complexity index is 743. The zero-order valence-corrected chi connectivity index (χ0v) is 15.4. The molecule has 22 heavy (non-hydrogen) atoms. The van der Waals surface area contributed by atoms with Gasteiger partial charge in [0, 0.05) is 9.13 Å². The van der Waals surface area contributed by atoms with Crippen LogP contribution in [-0.4, -0.2) is 22.2 Å². The Morgan fingerprint density at radius 1 is 1.09 bits per heavy atom. The fourth-order valence-corrected chi connectivity index (χ4v) is 3.92. The molecule has 0 unspecified atom stereocenters. The summed E-state index contributed by atoms with van der Waals surface area (Å²) in [5.41, 5.74) is 0.310. The summed E-state index contributed by atoms with van der Waals surface area (Å²) in [7, 11) is 0. The highest BCUT2D eigenvalue weighted by molar-refractivity contribution is 14.1. The van der Waals surface area contributed by atoms with E-state index in [4.69, 9.17) is 9.84 Å². The molecule has 0 atom stereocenters. The molecule has 0 spiro atoms. The number of aromatic carboxylic acids is 1. The third kappa shape index (κ3) is 3.76. The lowest BCUT2D eigenvalue weighted by molar-refractivity contribution is 0.0666. The van der Waals surface area contributed by atoms with E-state index in [-0.39, 0.29) is 23.5 Å². The average Bonchev–Trinajstić information content (AvgIpc) is 2.49. The lowest BCUT2D eigenvalue weighted by Gasteiger charge is -2.12. The van der Waals surface area contributed by atoms with E-state index in [9.17, 15) is 14.7 Å². The van der Waals surface area contributed by atoms with Crippen LogP contribution in [0.2, 0.25) is 0 Å². The second-order valence-corrected chi connectivity index (χ2v) is 6.68. The van der Waals surface area contributed by atoms with Crippen molar-refractivity contribution < 1.29 is 24.5 Å². The molecule has 0 heterocycles. The summed E-state index contributed by atoms with van der Waals surface area (Å²) in [6.45, 7) is -0.282. The second kappa shape index (κ2) is 7.38. The predicted octanol–water partition coefficient (Wildman–Crippen LogP) is 3.31. The topological polar surface area (TPSA) is 83.8 Å². The third-order valence-electron chi connectivity index (χ3n) is 2.83. The highest BCUT2D eigenvalue weighted by atomic mass is 127. The molecule has 7 heteroatoms. The largest absolute Gasteiger partial charge is 0.478 e. The molecule has 0 fully saturated rings. The standard InChI is InChI=1S/C15H10I2O5/c16-9-5-8(7-18)13(12(17)6-9)22-15(21)11-4-2-1-3-10(11)14(19)20/h1-6,18H,7H2,(H,19,20). The summed E-state index contributed by atoms with van der Waals surface area (Å²) >= 11 is 4.10. The molecular formula is C15H10I2O5. The minimum absolute atomic E-state index is 0.0340. The molecule has 0 saturated heterocycles. The summed E-state index contributed by atoms with van der Waals surface area (Å²) in [6.07, 6.45) is 0. The number of carbonyl (C=O) groups is 2. The first-order valence-corrected chi connectivity index (χ1v) is 8.23. The molecular weight excluding hydrogens is 514 g/mol. The van der Waals surface area contributed by atoms with Gasteiger partial charge in [0.1, 0.15) is 5.75 Å². The van der Waals surface area contributed by atoms with Gasteiger partial charge in [0.2, 0.25) is 0 Å². The number of rotatable bonds is 4. The molecule has 5 nitrogen and oxygen atoms in total. The predicted molar refractivity (Wildman–Crippen MR) is 96.2 cm³/mol. The molecule has 0 aliphatic carbocycles. The van der Waals surface area contributed by atoms with Crippen LogP contribution in [-0.2, 0) is 6.61 Å². The van der Waals surface area contributed by atoms with Crippen LogP contribution < -0.4 is 4.74 Å². The second-order valence-electron chi connectivity index (χ2n) is 4.27. The van der Waals surface area contributed by atoms with Crippen molar-refractivity contribution in [2.45, 2.75) is 6.61 Å². The highest BCUT2D eigenvalue weighted by Gasteiger charge is 2.20. The van der Waals surface area contributed by atoms with Gasteiger partial charge in [0.15, 0.2) is 0 Å². The lowest BCUT2D eigenvalue weighted by atomic mass is 10.1. The van der Waals surface area contributed by atoms with Crippen molar-refractivity contribution in [1.29, 1.82) is 0 Å². The molecule has 114 valence electrons. The summed E-state index contributed by atoms with van der Waals surface area (Å²) in [5, 5.41) is 18.5. The number of hydrogen-bond acceptors (Lipinski definition) is 4. The Morgan fingerprint density at radius 3 is 2.32 bits per heavy atom. The number of aliphatic hydroxyl groups is 1. The van der Waals surface area contributed by atoms with E-state index >= 15 is 0 Å². The fraction of sp³-hybridized carbons (Fsp3) is 0.0667. The molecule has 2 rings (SSSR count). The van der Waals surface area contributed by atoms with Gasteiger partial charge in [0.05, 0.1) is 21.3 Å². The van der Waals surface area contributed by atoms with Crippen molar-refractivity contribution >= 4 is 57.1 Å². The maximum atomic E-state index is 12.3. The Kier molecular flexibility index (Phi) is 5.75. The van der Waals surface area contributed by atoms with Gasteiger partial charge in [-0.1, -0.05) is 12.1 Å².